The molecule has 0 aliphatic heterocycles. The molecule has 0 saturated heterocycles. The first-order chi connectivity index (χ1) is 18.0. The number of carbonyl (C=O) groups is 2. The van der Waals surface area contributed by atoms with Crippen LogP contribution in [0.15, 0.2) is 59.6 Å². The SMILES string of the molecule is CCCCCCCCOc1ccc(C=Nc2ccc(/C=C/C(=O)O[C@H](C)C(=O)OCCCC)cc2)cc1. The minimum absolute atomic E-state index is 0.334. The largest absolute Gasteiger partial charge is 0.494 e. The molecule has 2 aromatic carbocycles. The van der Waals surface area contributed by atoms with E-state index in [-0.39, 0.29) is 0 Å². The summed E-state index contributed by atoms with van der Waals surface area (Å²) in [4.78, 5) is 28.3. The maximum atomic E-state index is 12.0. The quantitative estimate of drug-likeness (QED) is 0.0961. The van der Waals surface area contributed by atoms with E-state index in [1.807, 2.05) is 55.5 Å². The van der Waals surface area contributed by atoms with Crippen LogP contribution in [-0.2, 0) is 19.1 Å². The van der Waals surface area contributed by atoms with Crippen molar-refractivity contribution in [2.24, 2.45) is 4.99 Å². The van der Waals surface area contributed by atoms with Gasteiger partial charge in [0, 0.05) is 12.3 Å². The summed E-state index contributed by atoms with van der Waals surface area (Å²) in [5.41, 5.74) is 2.61. The molecule has 0 aromatic heterocycles. The highest BCUT2D eigenvalue weighted by Crippen LogP contribution is 2.16. The third kappa shape index (κ3) is 12.9. The van der Waals surface area contributed by atoms with Gasteiger partial charge in [-0.15, -0.1) is 0 Å². The van der Waals surface area contributed by atoms with Crippen LogP contribution in [0.1, 0.15) is 83.3 Å². The van der Waals surface area contributed by atoms with E-state index in [1.54, 1.807) is 12.3 Å². The van der Waals surface area contributed by atoms with Gasteiger partial charge < -0.3 is 14.2 Å². The molecule has 0 fully saturated rings. The fraction of sp³-hybridized carbons (Fsp3) is 0.452. The minimum atomic E-state index is -0.938. The number of unbranched alkanes of at least 4 members (excludes halogenated alkanes) is 6. The van der Waals surface area contributed by atoms with Crippen molar-refractivity contribution in [3.05, 3.63) is 65.7 Å². The van der Waals surface area contributed by atoms with Crippen molar-refractivity contribution >= 4 is 29.9 Å². The zero-order valence-electron chi connectivity index (χ0n) is 22.5. The Balaban J connectivity index is 1.74. The summed E-state index contributed by atoms with van der Waals surface area (Å²) in [5.74, 6) is -0.252. The van der Waals surface area contributed by atoms with Crippen LogP contribution >= 0.6 is 0 Å². The number of hydrogen-bond acceptors (Lipinski definition) is 6. The van der Waals surface area contributed by atoms with E-state index in [0.717, 1.165) is 48.4 Å². The second kappa shape index (κ2) is 17.9. The van der Waals surface area contributed by atoms with E-state index in [9.17, 15) is 9.59 Å². The number of rotatable bonds is 17. The molecule has 6 heteroatoms. The zero-order valence-corrected chi connectivity index (χ0v) is 22.5. The first-order valence-electron chi connectivity index (χ1n) is 13.4. The highest BCUT2D eigenvalue weighted by Gasteiger charge is 2.17. The summed E-state index contributed by atoms with van der Waals surface area (Å²) in [6.07, 6.45) is 13.0. The summed E-state index contributed by atoms with van der Waals surface area (Å²) in [6.45, 7) is 6.83. The predicted octanol–water partition coefficient (Wildman–Crippen LogP) is 7.46. The third-order valence-electron chi connectivity index (χ3n) is 5.68. The van der Waals surface area contributed by atoms with Crippen molar-refractivity contribution < 1.29 is 23.8 Å². The van der Waals surface area contributed by atoms with Crippen LogP contribution in [0.4, 0.5) is 5.69 Å². The molecular weight excluding hydrogens is 466 g/mol. The van der Waals surface area contributed by atoms with Gasteiger partial charge in [-0.05, 0) is 73.4 Å². The highest BCUT2D eigenvalue weighted by atomic mass is 16.6. The molecule has 0 unspecified atom stereocenters. The maximum absolute atomic E-state index is 12.0. The number of benzene rings is 2. The van der Waals surface area contributed by atoms with Crippen molar-refractivity contribution in [2.75, 3.05) is 13.2 Å². The molecule has 0 bridgehead atoms. The second-order valence-electron chi connectivity index (χ2n) is 8.97. The van der Waals surface area contributed by atoms with Gasteiger partial charge in [0.15, 0.2) is 6.10 Å². The summed E-state index contributed by atoms with van der Waals surface area (Å²) in [5, 5.41) is 0. The lowest BCUT2D eigenvalue weighted by molar-refractivity contribution is -0.163. The lowest BCUT2D eigenvalue weighted by Gasteiger charge is -2.11. The van der Waals surface area contributed by atoms with Crippen molar-refractivity contribution in [1.82, 2.24) is 0 Å². The van der Waals surface area contributed by atoms with Gasteiger partial charge in [-0.25, -0.2) is 9.59 Å². The van der Waals surface area contributed by atoms with E-state index in [0.29, 0.717) is 6.61 Å². The standard InChI is InChI=1S/C31H41NO5/c1-4-6-8-9-10-11-23-35-29-19-14-27(15-20-29)24-32-28-17-12-26(13-18-28)16-21-30(33)37-25(3)31(34)36-22-7-5-2/h12-21,24-25H,4-11,22-23H2,1-3H3/b21-16+,32-24?/t25-/m1/s1. The van der Waals surface area contributed by atoms with Gasteiger partial charge in [0.2, 0.25) is 0 Å². The molecule has 2 rings (SSSR count). The van der Waals surface area contributed by atoms with Gasteiger partial charge in [0.1, 0.15) is 5.75 Å². The molecule has 0 aliphatic rings. The predicted molar refractivity (Wildman–Crippen MR) is 149 cm³/mol. The van der Waals surface area contributed by atoms with Crippen LogP contribution in [-0.4, -0.2) is 37.5 Å². The van der Waals surface area contributed by atoms with Crippen LogP contribution in [0.25, 0.3) is 6.08 Å². The first kappa shape index (κ1) is 29.8. The van der Waals surface area contributed by atoms with Gasteiger partial charge in [-0.1, -0.05) is 64.5 Å². The topological polar surface area (TPSA) is 74.2 Å². The molecule has 0 radical (unpaired) electrons. The van der Waals surface area contributed by atoms with E-state index in [4.69, 9.17) is 14.2 Å². The van der Waals surface area contributed by atoms with Gasteiger partial charge in [0.25, 0.3) is 0 Å². The average molecular weight is 508 g/mol. The molecule has 0 spiro atoms. The molecule has 6 nitrogen and oxygen atoms in total. The van der Waals surface area contributed by atoms with Crippen LogP contribution in [0.5, 0.6) is 5.75 Å². The first-order valence-corrected chi connectivity index (χ1v) is 13.4. The fourth-order valence-electron chi connectivity index (χ4n) is 3.40. The van der Waals surface area contributed by atoms with Crippen LogP contribution in [0.2, 0.25) is 0 Å². The Bertz CT molecular complexity index is 980. The monoisotopic (exact) mass is 507 g/mol. The number of hydrogen-bond donors (Lipinski definition) is 0. The Kier molecular flexibility index (Phi) is 14.4. The Morgan fingerprint density at radius 2 is 1.46 bits per heavy atom. The number of carbonyl (C=O) groups excluding carboxylic acids is 2. The van der Waals surface area contributed by atoms with Crippen molar-refractivity contribution in [3.63, 3.8) is 0 Å². The van der Waals surface area contributed by atoms with Crippen LogP contribution < -0.4 is 4.74 Å². The molecular formula is C31H41NO5. The number of aliphatic imine (C=N–C) groups is 1. The second-order valence-corrected chi connectivity index (χ2v) is 8.97. The fourth-order valence-corrected chi connectivity index (χ4v) is 3.40. The van der Waals surface area contributed by atoms with Crippen LogP contribution in [0, 0.1) is 0 Å². The Labute approximate surface area is 221 Å². The summed E-state index contributed by atoms with van der Waals surface area (Å²) in [7, 11) is 0. The molecule has 37 heavy (non-hydrogen) atoms. The molecule has 2 aromatic rings. The molecule has 0 N–H and O–H groups in total. The summed E-state index contributed by atoms with van der Waals surface area (Å²) >= 11 is 0. The molecule has 200 valence electrons. The molecule has 0 heterocycles. The molecule has 0 aliphatic carbocycles. The molecule has 1 atom stereocenters. The van der Waals surface area contributed by atoms with E-state index in [1.165, 1.54) is 45.1 Å². The van der Waals surface area contributed by atoms with Gasteiger partial charge in [0.05, 0.1) is 18.9 Å². The molecule has 0 amide bonds. The van der Waals surface area contributed by atoms with E-state index >= 15 is 0 Å². The number of esters is 2. The summed E-state index contributed by atoms with van der Waals surface area (Å²) in [6, 6.07) is 15.4. The maximum Gasteiger partial charge on any atom is 0.347 e. The van der Waals surface area contributed by atoms with Gasteiger partial charge in [-0.2, -0.15) is 0 Å². The summed E-state index contributed by atoms with van der Waals surface area (Å²) < 4.78 is 16.0. The number of nitrogens with zero attached hydrogens (tertiary/aromatic N) is 1. The highest BCUT2D eigenvalue weighted by molar-refractivity contribution is 5.89. The van der Waals surface area contributed by atoms with Crippen molar-refractivity contribution in [1.29, 1.82) is 0 Å². The smallest absolute Gasteiger partial charge is 0.347 e. The third-order valence-corrected chi connectivity index (χ3v) is 5.68. The average Bonchev–Trinajstić information content (AvgIpc) is 2.91. The number of ether oxygens (including phenoxy) is 3. The van der Waals surface area contributed by atoms with E-state index < -0.39 is 18.0 Å². The normalized spacial score (nSPS) is 12.1. The lowest BCUT2D eigenvalue weighted by Crippen LogP contribution is -2.25. The lowest BCUT2D eigenvalue weighted by atomic mass is 10.1. The van der Waals surface area contributed by atoms with Crippen molar-refractivity contribution in [2.45, 2.75) is 78.2 Å². The zero-order chi connectivity index (χ0) is 26.7. The Morgan fingerprint density at radius 3 is 2.16 bits per heavy atom. The minimum Gasteiger partial charge on any atom is -0.494 e. The van der Waals surface area contributed by atoms with Crippen LogP contribution in [0.3, 0.4) is 0 Å². The van der Waals surface area contributed by atoms with Gasteiger partial charge in [-0.3, -0.25) is 4.99 Å². The van der Waals surface area contributed by atoms with E-state index in [2.05, 4.69) is 11.9 Å². The Morgan fingerprint density at radius 1 is 0.811 bits per heavy atom. The van der Waals surface area contributed by atoms with Gasteiger partial charge >= 0.3 is 11.9 Å². The van der Waals surface area contributed by atoms with Crippen molar-refractivity contribution in [3.8, 4) is 5.75 Å². The molecule has 0 saturated carbocycles. The Hall–Kier alpha value is -3.41.